The zero-order chi connectivity index (χ0) is 9.26. The van der Waals surface area contributed by atoms with E-state index in [9.17, 15) is 0 Å². The van der Waals surface area contributed by atoms with Crippen LogP contribution in [0.1, 0.15) is 11.4 Å². The Kier molecular flexibility index (Phi) is 1.85. The first kappa shape index (κ1) is 7.98. The first-order valence-electron chi connectivity index (χ1n) is 4.13. The van der Waals surface area contributed by atoms with Crippen molar-refractivity contribution in [2.24, 2.45) is 0 Å². The summed E-state index contributed by atoms with van der Waals surface area (Å²) in [6, 6.07) is 6.92. The number of pyridine rings is 1. The molecule has 0 spiro atoms. The smallest absolute Gasteiger partial charge is 0.0861 e. The van der Waals surface area contributed by atoms with Crippen molar-refractivity contribution in [3.05, 3.63) is 42.0 Å². The van der Waals surface area contributed by atoms with E-state index in [1.54, 1.807) is 12.4 Å². The van der Waals surface area contributed by atoms with Gasteiger partial charge in [-0.15, -0.1) is 0 Å². The number of hydrogen-bond acceptors (Lipinski definition) is 2. The predicted molar refractivity (Wildman–Crippen MR) is 49.7 cm³/mol. The molecule has 0 bridgehead atoms. The van der Waals surface area contributed by atoms with Crippen LogP contribution < -0.4 is 0 Å². The molecule has 2 rings (SSSR count). The second-order valence-corrected chi connectivity index (χ2v) is 2.89. The molecule has 2 aromatic rings. The number of aryl methyl sites for hydroxylation is 2. The molecule has 2 aromatic heterocycles. The average molecular weight is 172 g/mol. The number of hydrogen-bond donors (Lipinski definition) is 0. The summed E-state index contributed by atoms with van der Waals surface area (Å²) in [5.74, 6) is 0. The highest BCUT2D eigenvalue weighted by atomic mass is 15.3. The van der Waals surface area contributed by atoms with Crippen LogP contribution in [0.2, 0.25) is 0 Å². The highest BCUT2D eigenvalue weighted by molar-refractivity contribution is 5.35. The predicted octanol–water partition coefficient (Wildman–Crippen LogP) is 1.68. The molecule has 0 aromatic carbocycles. The molecule has 2 heterocycles. The van der Waals surface area contributed by atoms with Gasteiger partial charge in [-0.2, -0.15) is 5.10 Å². The molecular formula is C10H10N3. The standard InChI is InChI=1S/C10H10N3/c1-8-5-7-12-13(8)10-4-3-6-11-9(10)2/h3-4,6-7H,1-2H3. The third-order valence-corrected chi connectivity index (χ3v) is 1.97. The van der Waals surface area contributed by atoms with E-state index in [1.165, 1.54) is 0 Å². The van der Waals surface area contributed by atoms with E-state index in [0.29, 0.717) is 0 Å². The average Bonchev–Trinajstić information content (AvgIpc) is 2.52. The van der Waals surface area contributed by atoms with E-state index < -0.39 is 0 Å². The van der Waals surface area contributed by atoms with Crippen LogP contribution in [-0.2, 0) is 0 Å². The normalized spacial score (nSPS) is 10.3. The quantitative estimate of drug-likeness (QED) is 0.655. The molecule has 3 nitrogen and oxygen atoms in total. The Balaban J connectivity index is 2.59. The Bertz CT molecular complexity index is 418. The van der Waals surface area contributed by atoms with Gasteiger partial charge < -0.3 is 0 Å². The lowest BCUT2D eigenvalue weighted by atomic mass is 10.3. The lowest BCUT2D eigenvalue weighted by Crippen LogP contribution is -2.01. The van der Waals surface area contributed by atoms with Crippen LogP contribution in [0.15, 0.2) is 24.5 Å². The fraction of sp³-hybridized carbons (Fsp3) is 0.200. The van der Waals surface area contributed by atoms with Crippen molar-refractivity contribution in [3.8, 4) is 5.69 Å². The minimum Gasteiger partial charge on any atom is -0.259 e. The van der Waals surface area contributed by atoms with E-state index in [2.05, 4.69) is 16.1 Å². The highest BCUT2D eigenvalue weighted by Gasteiger charge is 2.03. The van der Waals surface area contributed by atoms with Crippen molar-refractivity contribution in [2.75, 3.05) is 0 Å². The van der Waals surface area contributed by atoms with Crippen molar-refractivity contribution in [1.29, 1.82) is 0 Å². The molecule has 3 heteroatoms. The van der Waals surface area contributed by atoms with Gasteiger partial charge in [-0.1, -0.05) is 0 Å². The molecule has 0 N–H and O–H groups in total. The first-order chi connectivity index (χ1) is 6.29. The number of aromatic nitrogens is 3. The summed E-state index contributed by atoms with van der Waals surface area (Å²) in [7, 11) is 0. The van der Waals surface area contributed by atoms with Crippen LogP contribution >= 0.6 is 0 Å². The van der Waals surface area contributed by atoms with Crippen molar-refractivity contribution in [1.82, 2.24) is 14.8 Å². The van der Waals surface area contributed by atoms with Crippen LogP contribution in [-0.4, -0.2) is 14.8 Å². The molecule has 0 atom stereocenters. The molecule has 0 aliphatic carbocycles. The van der Waals surface area contributed by atoms with Gasteiger partial charge in [0.25, 0.3) is 0 Å². The van der Waals surface area contributed by atoms with Crippen LogP contribution in [0.5, 0.6) is 0 Å². The molecule has 0 aliphatic heterocycles. The summed E-state index contributed by atoms with van der Waals surface area (Å²) < 4.78 is 1.84. The summed E-state index contributed by atoms with van der Waals surface area (Å²) in [4.78, 5) is 4.20. The van der Waals surface area contributed by atoms with Crippen LogP contribution in [0.4, 0.5) is 0 Å². The molecule has 0 amide bonds. The van der Waals surface area contributed by atoms with E-state index in [0.717, 1.165) is 17.1 Å². The van der Waals surface area contributed by atoms with E-state index in [1.807, 2.05) is 30.7 Å². The topological polar surface area (TPSA) is 30.7 Å². The zero-order valence-electron chi connectivity index (χ0n) is 7.65. The van der Waals surface area contributed by atoms with E-state index in [4.69, 9.17) is 0 Å². The third-order valence-electron chi connectivity index (χ3n) is 1.97. The molecule has 0 aliphatic rings. The van der Waals surface area contributed by atoms with Gasteiger partial charge in [-0.3, -0.25) is 4.98 Å². The summed E-state index contributed by atoms with van der Waals surface area (Å²) in [6.07, 6.45) is 3.45. The van der Waals surface area contributed by atoms with Gasteiger partial charge in [0.1, 0.15) is 0 Å². The van der Waals surface area contributed by atoms with Crippen molar-refractivity contribution >= 4 is 0 Å². The van der Waals surface area contributed by atoms with Crippen LogP contribution in [0, 0.1) is 19.9 Å². The molecule has 1 radical (unpaired) electrons. The summed E-state index contributed by atoms with van der Waals surface area (Å²) in [5.41, 5.74) is 2.99. The number of rotatable bonds is 1. The fourth-order valence-corrected chi connectivity index (χ4v) is 1.27. The van der Waals surface area contributed by atoms with Gasteiger partial charge in [0.05, 0.1) is 17.6 Å². The van der Waals surface area contributed by atoms with Crippen molar-refractivity contribution in [2.45, 2.75) is 13.8 Å². The Morgan fingerprint density at radius 3 is 2.85 bits per heavy atom. The highest BCUT2D eigenvalue weighted by Crippen LogP contribution is 2.11. The summed E-state index contributed by atoms with van der Waals surface area (Å²) in [6.45, 7) is 3.94. The van der Waals surface area contributed by atoms with E-state index >= 15 is 0 Å². The maximum Gasteiger partial charge on any atom is 0.0861 e. The lowest BCUT2D eigenvalue weighted by molar-refractivity contribution is 0.831. The monoisotopic (exact) mass is 172 g/mol. The summed E-state index contributed by atoms with van der Waals surface area (Å²) in [5, 5.41) is 4.17. The van der Waals surface area contributed by atoms with Gasteiger partial charge >= 0.3 is 0 Å². The Morgan fingerprint density at radius 1 is 1.38 bits per heavy atom. The minimum absolute atomic E-state index is 0.975. The second kappa shape index (κ2) is 3.01. The van der Waals surface area contributed by atoms with Gasteiger partial charge in [0, 0.05) is 18.0 Å². The van der Waals surface area contributed by atoms with E-state index in [-0.39, 0.29) is 0 Å². The van der Waals surface area contributed by atoms with Gasteiger partial charge in [-0.05, 0) is 26.0 Å². The SMILES string of the molecule is Cc1ncccc1-n1nc[c]c1C. The molecule has 13 heavy (non-hydrogen) atoms. The van der Waals surface area contributed by atoms with Crippen molar-refractivity contribution < 1.29 is 0 Å². The molecule has 0 fully saturated rings. The second-order valence-electron chi connectivity index (χ2n) is 2.89. The third kappa shape index (κ3) is 1.33. The Morgan fingerprint density at radius 2 is 2.23 bits per heavy atom. The van der Waals surface area contributed by atoms with Gasteiger partial charge in [-0.25, -0.2) is 4.68 Å². The molecule has 0 saturated carbocycles. The minimum atomic E-state index is 0.975. The fourth-order valence-electron chi connectivity index (χ4n) is 1.27. The zero-order valence-corrected chi connectivity index (χ0v) is 7.65. The van der Waals surface area contributed by atoms with Crippen molar-refractivity contribution in [3.63, 3.8) is 0 Å². The Hall–Kier alpha value is -1.64. The largest absolute Gasteiger partial charge is 0.259 e. The van der Waals surface area contributed by atoms with Gasteiger partial charge in [0.2, 0.25) is 0 Å². The van der Waals surface area contributed by atoms with Crippen LogP contribution in [0.25, 0.3) is 5.69 Å². The molecule has 65 valence electrons. The molecule has 0 unspecified atom stereocenters. The Labute approximate surface area is 77.0 Å². The number of nitrogens with zero attached hydrogens (tertiary/aromatic N) is 3. The molecular weight excluding hydrogens is 162 g/mol. The van der Waals surface area contributed by atoms with Gasteiger partial charge in [0.15, 0.2) is 0 Å². The summed E-state index contributed by atoms with van der Waals surface area (Å²) >= 11 is 0. The first-order valence-corrected chi connectivity index (χ1v) is 4.13. The maximum atomic E-state index is 4.20. The maximum absolute atomic E-state index is 4.20. The molecule has 0 saturated heterocycles. The van der Waals surface area contributed by atoms with Crippen LogP contribution in [0.3, 0.4) is 0 Å². The lowest BCUT2D eigenvalue weighted by Gasteiger charge is -2.05.